The molecule has 0 bridgehead atoms. The van der Waals surface area contributed by atoms with E-state index in [-0.39, 0.29) is 31.1 Å². The number of carbonyl (C=O) groups excluding carboxylic acids is 3. The Kier molecular flexibility index (Phi) is 64.1. The first-order valence-electron chi connectivity index (χ1n) is 34.5. The number of carbonyl (C=O) groups is 3. The molecular weight excluding hydrogens is 949 g/mol. The van der Waals surface area contributed by atoms with Crippen molar-refractivity contribution < 1.29 is 28.6 Å². The molecule has 0 aliphatic heterocycles. The Morgan fingerprint density at radius 1 is 0.273 bits per heavy atom. The largest absolute Gasteiger partial charge is 0.462 e. The maximum atomic E-state index is 12.9. The van der Waals surface area contributed by atoms with Crippen molar-refractivity contribution in [2.24, 2.45) is 0 Å². The van der Waals surface area contributed by atoms with Crippen LogP contribution in [0.3, 0.4) is 0 Å². The Labute approximate surface area is 480 Å². The lowest BCUT2D eigenvalue weighted by molar-refractivity contribution is -0.167. The van der Waals surface area contributed by atoms with Gasteiger partial charge in [0.1, 0.15) is 13.2 Å². The first-order valence-corrected chi connectivity index (χ1v) is 34.5. The van der Waals surface area contributed by atoms with Crippen molar-refractivity contribution >= 4 is 17.9 Å². The van der Waals surface area contributed by atoms with Gasteiger partial charge in [0, 0.05) is 19.3 Å². The number of ether oxygens (including phenoxy) is 3. The summed E-state index contributed by atoms with van der Waals surface area (Å²) in [5.74, 6) is -0.848. The zero-order valence-electron chi connectivity index (χ0n) is 52.0. The number of unbranched alkanes of at least 4 members (excludes halogenated alkanes) is 47. The fraction of sp³-hybridized carbons (Fsp3) is 0.873. The van der Waals surface area contributed by atoms with Crippen molar-refractivity contribution in [3.8, 4) is 0 Å². The van der Waals surface area contributed by atoms with Crippen molar-refractivity contribution in [3.63, 3.8) is 0 Å². The van der Waals surface area contributed by atoms with Gasteiger partial charge in [-0.15, -0.1) is 0 Å². The maximum Gasteiger partial charge on any atom is 0.306 e. The molecular formula is C71H132O6. The molecule has 0 aliphatic rings. The lowest BCUT2D eigenvalue weighted by atomic mass is 10.0. The SMILES string of the molecule is CC/C=C\C/C=C\C/C=C\CCCCCCCCCC(=O)OCC(COC(=O)CCCCCCCCCCCCCCCCCCCCCCCC)OC(=O)CCCCCCCCCCCCCCCCCCCCCC. The van der Waals surface area contributed by atoms with E-state index in [1.54, 1.807) is 0 Å². The Hall–Kier alpha value is -2.37. The van der Waals surface area contributed by atoms with Crippen LogP contribution in [-0.2, 0) is 28.6 Å². The topological polar surface area (TPSA) is 78.9 Å². The summed E-state index contributed by atoms with van der Waals surface area (Å²) in [5.41, 5.74) is 0. The molecule has 452 valence electrons. The molecule has 0 N–H and O–H groups in total. The zero-order chi connectivity index (χ0) is 55.7. The molecule has 77 heavy (non-hydrogen) atoms. The highest BCUT2D eigenvalue weighted by molar-refractivity contribution is 5.71. The number of esters is 3. The van der Waals surface area contributed by atoms with E-state index in [1.165, 1.54) is 257 Å². The second-order valence-electron chi connectivity index (χ2n) is 23.4. The minimum absolute atomic E-state index is 0.0692. The highest BCUT2D eigenvalue weighted by atomic mass is 16.6. The van der Waals surface area contributed by atoms with E-state index >= 15 is 0 Å². The Morgan fingerprint density at radius 3 is 0.792 bits per heavy atom. The Morgan fingerprint density at radius 2 is 0.506 bits per heavy atom. The van der Waals surface area contributed by atoms with E-state index < -0.39 is 6.10 Å². The van der Waals surface area contributed by atoms with Gasteiger partial charge < -0.3 is 14.2 Å². The van der Waals surface area contributed by atoms with E-state index in [1.807, 2.05) is 0 Å². The normalized spacial score (nSPS) is 12.2. The molecule has 1 unspecified atom stereocenters. The molecule has 6 nitrogen and oxygen atoms in total. The van der Waals surface area contributed by atoms with E-state index in [4.69, 9.17) is 14.2 Å². The van der Waals surface area contributed by atoms with Crippen LogP contribution in [0.1, 0.15) is 380 Å². The first-order chi connectivity index (χ1) is 38.0. The van der Waals surface area contributed by atoms with E-state index in [0.717, 1.165) is 83.5 Å². The summed E-state index contributed by atoms with van der Waals surface area (Å²) >= 11 is 0. The first kappa shape index (κ1) is 74.6. The number of rotatable bonds is 64. The molecule has 0 amide bonds. The van der Waals surface area contributed by atoms with Gasteiger partial charge in [-0.05, 0) is 51.4 Å². The van der Waals surface area contributed by atoms with Crippen LogP contribution in [0.4, 0.5) is 0 Å². The highest BCUT2D eigenvalue weighted by Crippen LogP contribution is 2.19. The molecule has 0 spiro atoms. The summed E-state index contributed by atoms with van der Waals surface area (Å²) in [5, 5.41) is 0. The minimum Gasteiger partial charge on any atom is -0.462 e. The number of hydrogen-bond donors (Lipinski definition) is 0. The van der Waals surface area contributed by atoms with E-state index in [2.05, 4.69) is 57.2 Å². The van der Waals surface area contributed by atoms with Gasteiger partial charge in [0.25, 0.3) is 0 Å². The van der Waals surface area contributed by atoms with Gasteiger partial charge in [-0.25, -0.2) is 0 Å². The fourth-order valence-corrected chi connectivity index (χ4v) is 10.5. The molecule has 0 saturated carbocycles. The Bertz CT molecular complexity index is 1290. The summed E-state index contributed by atoms with van der Waals surface area (Å²) in [6.45, 7) is 6.61. The molecule has 0 rings (SSSR count). The molecule has 0 fully saturated rings. The predicted molar refractivity (Wildman–Crippen MR) is 335 cm³/mol. The maximum absolute atomic E-state index is 12.9. The third-order valence-electron chi connectivity index (χ3n) is 15.7. The summed E-state index contributed by atoms with van der Waals surface area (Å²) in [4.78, 5) is 38.4. The number of hydrogen-bond acceptors (Lipinski definition) is 6. The van der Waals surface area contributed by atoms with Gasteiger partial charge in [0.2, 0.25) is 0 Å². The smallest absolute Gasteiger partial charge is 0.306 e. The van der Waals surface area contributed by atoms with Crippen molar-refractivity contribution in [3.05, 3.63) is 36.5 Å². The van der Waals surface area contributed by atoms with Gasteiger partial charge in [-0.1, -0.05) is 346 Å². The predicted octanol–water partition coefficient (Wildman–Crippen LogP) is 23.6. The summed E-state index contributed by atoms with van der Waals surface area (Å²) in [6.07, 6.45) is 81.6. The van der Waals surface area contributed by atoms with Crippen molar-refractivity contribution in [1.82, 2.24) is 0 Å². The Balaban J connectivity index is 4.30. The molecule has 0 radical (unpaired) electrons. The minimum atomic E-state index is -0.774. The third kappa shape index (κ3) is 64.3. The van der Waals surface area contributed by atoms with E-state index in [9.17, 15) is 14.4 Å². The zero-order valence-corrected chi connectivity index (χ0v) is 52.0. The second kappa shape index (κ2) is 66.1. The summed E-state index contributed by atoms with van der Waals surface area (Å²) in [6, 6.07) is 0. The second-order valence-corrected chi connectivity index (χ2v) is 23.4. The average molecular weight is 1080 g/mol. The van der Waals surface area contributed by atoms with Crippen LogP contribution in [0.15, 0.2) is 36.5 Å². The van der Waals surface area contributed by atoms with Crippen molar-refractivity contribution in [2.45, 2.75) is 386 Å². The van der Waals surface area contributed by atoms with Crippen LogP contribution in [0, 0.1) is 0 Å². The van der Waals surface area contributed by atoms with Crippen LogP contribution in [0.5, 0.6) is 0 Å². The van der Waals surface area contributed by atoms with Crippen molar-refractivity contribution in [1.29, 1.82) is 0 Å². The van der Waals surface area contributed by atoms with Crippen molar-refractivity contribution in [2.75, 3.05) is 13.2 Å². The van der Waals surface area contributed by atoms with Crippen LogP contribution in [0.2, 0.25) is 0 Å². The van der Waals surface area contributed by atoms with Crippen LogP contribution < -0.4 is 0 Å². The van der Waals surface area contributed by atoms with Gasteiger partial charge in [0.05, 0.1) is 0 Å². The fourth-order valence-electron chi connectivity index (χ4n) is 10.5. The average Bonchev–Trinajstić information content (AvgIpc) is 3.43. The summed E-state index contributed by atoms with van der Waals surface area (Å²) < 4.78 is 17.0. The van der Waals surface area contributed by atoms with Crippen LogP contribution in [0.25, 0.3) is 0 Å². The summed E-state index contributed by atoms with van der Waals surface area (Å²) in [7, 11) is 0. The quantitative estimate of drug-likeness (QED) is 0.0261. The third-order valence-corrected chi connectivity index (χ3v) is 15.7. The standard InChI is InChI=1S/C71H132O6/c1-4-7-10-13-16-19-22-25-28-31-33-35-36-38-40-43-46-49-52-55-58-61-64-70(73)76-67-68(66-75-69(72)63-60-57-54-51-48-45-42-39-30-27-24-21-18-15-12-9-6-3)77-71(74)65-62-59-56-53-50-47-44-41-37-34-32-29-26-23-20-17-14-11-8-5-2/h9,12,18,21,27,30,68H,4-8,10-11,13-17,19-20,22-26,28-29,31-67H2,1-3H3/b12-9-,21-18-,30-27-. The lowest BCUT2D eigenvalue weighted by Gasteiger charge is -2.18. The number of allylic oxidation sites excluding steroid dienone is 6. The molecule has 0 aliphatic carbocycles. The lowest BCUT2D eigenvalue weighted by Crippen LogP contribution is -2.30. The monoisotopic (exact) mass is 1080 g/mol. The molecule has 0 aromatic rings. The highest BCUT2D eigenvalue weighted by Gasteiger charge is 2.19. The molecule has 6 heteroatoms. The molecule has 0 heterocycles. The van der Waals surface area contributed by atoms with Gasteiger partial charge in [-0.2, -0.15) is 0 Å². The molecule has 0 aromatic carbocycles. The van der Waals surface area contributed by atoms with Crippen LogP contribution >= 0.6 is 0 Å². The van der Waals surface area contributed by atoms with Crippen LogP contribution in [-0.4, -0.2) is 37.2 Å². The molecule has 1 atom stereocenters. The van der Waals surface area contributed by atoms with Gasteiger partial charge in [-0.3, -0.25) is 14.4 Å². The molecule has 0 aromatic heterocycles. The molecule has 0 saturated heterocycles. The van der Waals surface area contributed by atoms with Gasteiger partial charge in [0.15, 0.2) is 6.10 Å². The van der Waals surface area contributed by atoms with Gasteiger partial charge >= 0.3 is 17.9 Å². The van der Waals surface area contributed by atoms with E-state index in [0.29, 0.717) is 19.3 Å².